The topological polar surface area (TPSA) is 44.3 Å². The van der Waals surface area contributed by atoms with Gasteiger partial charge in [0.15, 0.2) is 0 Å². The molecule has 3 aromatic rings. The van der Waals surface area contributed by atoms with E-state index in [1.165, 1.54) is 5.69 Å². The molecule has 0 unspecified atom stereocenters. The standard InChI is InChI=1S/C20H25N5/c1-5-25(6-2)16-13-11-15(12-14-16)21-20-22-18-10-8-7-9-17(18)19(23-20)24(3)4/h7-14H,5-6H2,1-4H3,(H,21,22,23). The molecule has 1 aromatic heterocycles. The molecule has 2 aromatic carbocycles. The molecule has 0 bridgehead atoms. The first kappa shape index (κ1) is 17.0. The van der Waals surface area contributed by atoms with Crippen LogP contribution < -0.4 is 15.1 Å². The van der Waals surface area contributed by atoms with Gasteiger partial charge in [-0.25, -0.2) is 4.98 Å². The smallest absolute Gasteiger partial charge is 0.229 e. The van der Waals surface area contributed by atoms with Crippen molar-refractivity contribution in [1.82, 2.24) is 9.97 Å². The predicted octanol–water partition coefficient (Wildman–Crippen LogP) is 4.29. The number of hydrogen-bond acceptors (Lipinski definition) is 5. The van der Waals surface area contributed by atoms with Gasteiger partial charge in [-0.1, -0.05) is 12.1 Å². The number of para-hydroxylation sites is 1. The molecule has 0 radical (unpaired) electrons. The Kier molecular flexibility index (Phi) is 5.03. The SMILES string of the molecule is CCN(CC)c1ccc(Nc2nc(N(C)C)c3ccccc3n2)cc1. The highest BCUT2D eigenvalue weighted by atomic mass is 15.2. The van der Waals surface area contributed by atoms with Gasteiger partial charge in [-0.3, -0.25) is 0 Å². The van der Waals surface area contributed by atoms with Gasteiger partial charge in [0.2, 0.25) is 5.95 Å². The van der Waals surface area contributed by atoms with Gasteiger partial charge in [0.05, 0.1) is 5.52 Å². The number of hydrogen-bond donors (Lipinski definition) is 1. The summed E-state index contributed by atoms with van der Waals surface area (Å²) < 4.78 is 0. The zero-order valence-corrected chi connectivity index (χ0v) is 15.3. The van der Waals surface area contributed by atoms with E-state index in [2.05, 4.69) is 58.3 Å². The summed E-state index contributed by atoms with van der Waals surface area (Å²) in [6.07, 6.45) is 0. The molecule has 0 spiro atoms. The fourth-order valence-corrected chi connectivity index (χ4v) is 2.93. The predicted molar refractivity (Wildman–Crippen MR) is 107 cm³/mol. The summed E-state index contributed by atoms with van der Waals surface area (Å²) in [6.45, 7) is 6.34. The van der Waals surface area contributed by atoms with Gasteiger partial charge in [-0.2, -0.15) is 4.98 Å². The highest BCUT2D eigenvalue weighted by Gasteiger charge is 2.09. The van der Waals surface area contributed by atoms with Crippen molar-refractivity contribution in [2.45, 2.75) is 13.8 Å². The lowest BCUT2D eigenvalue weighted by atomic mass is 10.2. The van der Waals surface area contributed by atoms with Crippen molar-refractivity contribution in [3.05, 3.63) is 48.5 Å². The lowest BCUT2D eigenvalue weighted by Gasteiger charge is -2.21. The number of anilines is 4. The Morgan fingerprint density at radius 2 is 1.56 bits per heavy atom. The van der Waals surface area contributed by atoms with E-state index in [1.807, 2.05) is 43.3 Å². The van der Waals surface area contributed by atoms with Crippen LogP contribution in [0.15, 0.2) is 48.5 Å². The van der Waals surface area contributed by atoms with E-state index in [1.54, 1.807) is 0 Å². The second kappa shape index (κ2) is 7.38. The number of benzene rings is 2. The Morgan fingerprint density at radius 1 is 0.880 bits per heavy atom. The van der Waals surface area contributed by atoms with Crippen molar-refractivity contribution in [1.29, 1.82) is 0 Å². The molecule has 0 atom stereocenters. The Labute approximate surface area is 149 Å². The third-order valence-electron chi connectivity index (χ3n) is 4.26. The van der Waals surface area contributed by atoms with E-state index < -0.39 is 0 Å². The Balaban J connectivity index is 1.90. The molecular weight excluding hydrogens is 310 g/mol. The lowest BCUT2D eigenvalue weighted by molar-refractivity contribution is 0.866. The van der Waals surface area contributed by atoms with Gasteiger partial charge >= 0.3 is 0 Å². The number of nitrogens with zero attached hydrogens (tertiary/aromatic N) is 4. The van der Waals surface area contributed by atoms with Crippen LogP contribution in [-0.2, 0) is 0 Å². The average molecular weight is 335 g/mol. The summed E-state index contributed by atoms with van der Waals surface area (Å²) in [6, 6.07) is 16.5. The van der Waals surface area contributed by atoms with Crippen molar-refractivity contribution in [2.24, 2.45) is 0 Å². The van der Waals surface area contributed by atoms with E-state index in [9.17, 15) is 0 Å². The van der Waals surface area contributed by atoms with Crippen LogP contribution in [0.2, 0.25) is 0 Å². The van der Waals surface area contributed by atoms with Crippen molar-refractivity contribution >= 4 is 34.0 Å². The molecule has 5 nitrogen and oxygen atoms in total. The molecular formula is C20H25N5. The molecule has 0 aliphatic carbocycles. The summed E-state index contributed by atoms with van der Waals surface area (Å²) in [5.74, 6) is 1.52. The lowest BCUT2D eigenvalue weighted by Crippen LogP contribution is -2.21. The highest BCUT2D eigenvalue weighted by molar-refractivity contribution is 5.90. The van der Waals surface area contributed by atoms with Crippen LogP contribution in [-0.4, -0.2) is 37.2 Å². The molecule has 0 saturated heterocycles. The molecule has 25 heavy (non-hydrogen) atoms. The number of fused-ring (bicyclic) bond motifs is 1. The van der Waals surface area contributed by atoms with Crippen LogP contribution >= 0.6 is 0 Å². The summed E-state index contributed by atoms with van der Waals surface area (Å²) in [7, 11) is 3.99. The molecule has 5 heteroatoms. The second-order valence-electron chi connectivity index (χ2n) is 6.13. The van der Waals surface area contributed by atoms with E-state index in [-0.39, 0.29) is 0 Å². The van der Waals surface area contributed by atoms with Crippen LogP contribution in [0.4, 0.5) is 23.1 Å². The van der Waals surface area contributed by atoms with Crippen molar-refractivity contribution in [2.75, 3.05) is 42.3 Å². The normalized spacial score (nSPS) is 10.7. The average Bonchev–Trinajstić information content (AvgIpc) is 2.63. The van der Waals surface area contributed by atoms with Gasteiger partial charge in [0.1, 0.15) is 5.82 Å². The molecule has 0 amide bonds. The summed E-state index contributed by atoms with van der Waals surface area (Å²) in [5.41, 5.74) is 3.14. The van der Waals surface area contributed by atoms with Gasteiger partial charge in [0, 0.05) is 43.9 Å². The fraction of sp³-hybridized carbons (Fsp3) is 0.300. The van der Waals surface area contributed by atoms with Crippen LogP contribution in [0.1, 0.15) is 13.8 Å². The number of aromatic nitrogens is 2. The second-order valence-corrected chi connectivity index (χ2v) is 6.13. The minimum absolute atomic E-state index is 0.609. The van der Waals surface area contributed by atoms with Crippen molar-refractivity contribution in [3.8, 4) is 0 Å². The highest BCUT2D eigenvalue weighted by Crippen LogP contribution is 2.26. The van der Waals surface area contributed by atoms with Crippen molar-refractivity contribution < 1.29 is 0 Å². The maximum atomic E-state index is 4.68. The van der Waals surface area contributed by atoms with Crippen molar-refractivity contribution in [3.63, 3.8) is 0 Å². The largest absolute Gasteiger partial charge is 0.372 e. The minimum Gasteiger partial charge on any atom is -0.372 e. The third-order valence-corrected chi connectivity index (χ3v) is 4.26. The maximum absolute atomic E-state index is 4.68. The van der Waals surface area contributed by atoms with E-state index in [4.69, 9.17) is 0 Å². The van der Waals surface area contributed by atoms with E-state index in [0.29, 0.717) is 5.95 Å². The molecule has 3 rings (SSSR count). The van der Waals surface area contributed by atoms with Crippen LogP contribution in [0.5, 0.6) is 0 Å². The van der Waals surface area contributed by atoms with E-state index in [0.717, 1.165) is 35.5 Å². The summed E-state index contributed by atoms with van der Waals surface area (Å²) >= 11 is 0. The van der Waals surface area contributed by atoms with Crippen LogP contribution in [0.3, 0.4) is 0 Å². The monoisotopic (exact) mass is 335 g/mol. The van der Waals surface area contributed by atoms with Gasteiger partial charge in [0.25, 0.3) is 0 Å². The summed E-state index contributed by atoms with van der Waals surface area (Å²) in [5, 5.41) is 4.38. The van der Waals surface area contributed by atoms with Crippen LogP contribution in [0.25, 0.3) is 10.9 Å². The zero-order valence-electron chi connectivity index (χ0n) is 15.3. The Hall–Kier alpha value is -2.82. The zero-order chi connectivity index (χ0) is 17.8. The molecule has 1 heterocycles. The van der Waals surface area contributed by atoms with Gasteiger partial charge in [-0.05, 0) is 50.2 Å². The number of rotatable bonds is 6. The molecule has 130 valence electrons. The third kappa shape index (κ3) is 3.65. The molecule has 1 N–H and O–H groups in total. The quantitative estimate of drug-likeness (QED) is 0.728. The molecule has 0 aliphatic heterocycles. The summed E-state index contributed by atoms with van der Waals surface area (Å²) in [4.78, 5) is 13.7. The first-order chi connectivity index (χ1) is 12.1. The Morgan fingerprint density at radius 3 is 2.20 bits per heavy atom. The fourth-order valence-electron chi connectivity index (χ4n) is 2.93. The molecule has 0 saturated carbocycles. The first-order valence-corrected chi connectivity index (χ1v) is 8.68. The van der Waals surface area contributed by atoms with Gasteiger partial charge < -0.3 is 15.1 Å². The Bertz CT molecular complexity index is 838. The molecule has 0 fully saturated rings. The van der Waals surface area contributed by atoms with Gasteiger partial charge in [-0.15, -0.1) is 0 Å². The van der Waals surface area contributed by atoms with E-state index >= 15 is 0 Å². The number of nitrogens with one attached hydrogen (secondary N) is 1. The minimum atomic E-state index is 0.609. The maximum Gasteiger partial charge on any atom is 0.229 e. The first-order valence-electron chi connectivity index (χ1n) is 8.68. The van der Waals surface area contributed by atoms with Crippen LogP contribution in [0, 0.1) is 0 Å². The molecule has 0 aliphatic rings.